The molecule has 0 radical (unpaired) electrons. The van der Waals surface area contributed by atoms with Gasteiger partial charge in [-0.15, -0.1) is 0 Å². The largest absolute Gasteiger partial charge is 0.383 e. The molecular weight excluding hydrogens is 248 g/mol. The molecule has 2 heterocycles. The maximum atomic E-state index is 6.15. The number of aryl methyl sites for hydroxylation is 2. The number of nitrogens with zero attached hydrogens (tertiary/aromatic N) is 3. The van der Waals surface area contributed by atoms with Gasteiger partial charge in [-0.1, -0.05) is 6.42 Å². The van der Waals surface area contributed by atoms with E-state index in [0.717, 1.165) is 28.7 Å². The summed E-state index contributed by atoms with van der Waals surface area (Å²) in [6.07, 6.45) is 5.53. The summed E-state index contributed by atoms with van der Waals surface area (Å²) >= 11 is 0. The van der Waals surface area contributed by atoms with Gasteiger partial charge in [-0.3, -0.25) is 0 Å². The van der Waals surface area contributed by atoms with E-state index >= 15 is 0 Å². The molecule has 4 heteroatoms. The molecule has 0 spiro atoms. The third kappa shape index (κ3) is 1.48. The predicted octanol–water partition coefficient (Wildman–Crippen LogP) is 3.30. The molecule has 3 unspecified atom stereocenters. The number of nitrogens with two attached hydrogens (primary N) is 1. The van der Waals surface area contributed by atoms with Crippen molar-refractivity contribution < 1.29 is 0 Å². The predicted molar refractivity (Wildman–Crippen MR) is 80.6 cm³/mol. The Labute approximate surface area is 119 Å². The molecule has 2 N–H and O–H groups in total. The Balaban J connectivity index is 1.97. The molecule has 0 amide bonds. The summed E-state index contributed by atoms with van der Waals surface area (Å²) in [5, 5.41) is 1.07. The number of aromatic nitrogens is 3. The zero-order valence-electron chi connectivity index (χ0n) is 12.5. The van der Waals surface area contributed by atoms with Crippen molar-refractivity contribution in [1.29, 1.82) is 0 Å². The number of rotatable bonds is 1. The number of hydrogen-bond acceptors (Lipinski definition) is 3. The lowest BCUT2D eigenvalue weighted by Gasteiger charge is -2.25. The molecule has 0 saturated heterocycles. The Kier molecular flexibility index (Phi) is 2.41. The fraction of sp³-hybridized carbons (Fsp3) is 0.625. The first-order chi connectivity index (χ1) is 9.56. The van der Waals surface area contributed by atoms with Gasteiger partial charge in [0, 0.05) is 11.7 Å². The van der Waals surface area contributed by atoms with Crippen molar-refractivity contribution in [2.75, 3.05) is 5.73 Å². The van der Waals surface area contributed by atoms with Crippen molar-refractivity contribution in [2.45, 2.75) is 52.5 Å². The summed E-state index contributed by atoms with van der Waals surface area (Å²) in [5.74, 6) is 3.18. The van der Waals surface area contributed by atoms with Crippen LogP contribution in [0.15, 0.2) is 0 Å². The molecule has 4 nitrogen and oxygen atoms in total. The molecule has 0 aliphatic heterocycles. The highest BCUT2D eigenvalue weighted by Crippen LogP contribution is 2.52. The third-order valence-electron chi connectivity index (χ3n) is 5.57. The second kappa shape index (κ2) is 3.96. The standard InChI is InChI=1S/C16H22N4/c1-8-9(2)20(13-7-11-4-5-12(13)6-11)16-14(8)15(17)18-10(3)19-16/h11-13H,4-7H2,1-3H3,(H2,17,18,19). The van der Waals surface area contributed by atoms with Crippen molar-refractivity contribution in [1.82, 2.24) is 14.5 Å². The van der Waals surface area contributed by atoms with Crippen LogP contribution in [0.1, 0.15) is 48.8 Å². The van der Waals surface area contributed by atoms with E-state index in [1.165, 1.54) is 36.9 Å². The van der Waals surface area contributed by atoms with Crippen molar-refractivity contribution >= 4 is 16.9 Å². The van der Waals surface area contributed by atoms with Crippen molar-refractivity contribution in [3.05, 3.63) is 17.1 Å². The zero-order valence-corrected chi connectivity index (χ0v) is 12.5. The first-order valence-electron chi connectivity index (χ1n) is 7.67. The Morgan fingerprint density at radius 3 is 2.55 bits per heavy atom. The van der Waals surface area contributed by atoms with Gasteiger partial charge >= 0.3 is 0 Å². The second-order valence-corrected chi connectivity index (χ2v) is 6.68. The van der Waals surface area contributed by atoms with Gasteiger partial charge in [0.1, 0.15) is 17.3 Å². The molecule has 2 bridgehead atoms. The van der Waals surface area contributed by atoms with Crippen LogP contribution >= 0.6 is 0 Å². The topological polar surface area (TPSA) is 56.7 Å². The molecule has 0 aromatic carbocycles. The van der Waals surface area contributed by atoms with Crippen LogP contribution in [0.25, 0.3) is 11.0 Å². The van der Waals surface area contributed by atoms with E-state index in [9.17, 15) is 0 Å². The van der Waals surface area contributed by atoms with Gasteiger partial charge in [0.05, 0.1) is 5.39 Å². The van der Waals surface area contributed by atoms with Crippen LogP contribution < -0.4 is 5.73 Å². The molecule has 3 atom stereocenters. The lowest BCUT2D eigenvalue weighted by Crippen LogP contribution is -2.18. The molecule has 2 fully saturated rings. The Morgan fingerprint density at radius 1 is 1.10 bits per heavy atom. The van der Waals surface area contributed by atoms with Crippen molar-refractivity contribution in [3.63, 3.8) is 0 Å². The van der Waals surface area contributed by atoms with Crippen LogP contribution in [0.4, 0.5) is 5.82 Å². The molecule has 2 aliphatic carbocycles. The summed E-state index contributed by atoms with van der Waals surface area (Å²) in [7, 11) is 0. The fourth-order valence-corrected chi connectivity index (χ4v) is 4.57. The minimum Gasteiger partial charge on any atom is -0.383 e. The van der Waals surface area contributed by atoms with Gasteiger partial charge in [-0.2, -0.15) is 0 Å². The summed E-state index contributed by atoms with van der Waals surface area (Å²) in [6.45, 7) is 6.28. The minimum absolute atomic E-state index is 0.624. The summed E-state index contributed by atoms with van der Waals surface area (Å²) in [6, 6.07) is 0.624. The smallest absolute Gasteiger partial charge is 0.146 e. The van der Waals surface area contributed by atoms with E-state index < -0.39 is 0 Å². The molecule has 2 saturated carbocycles. The number of nitrogen functional groups attached to an aromatic ring is 1. The molecule has 2 aromatic heterocycles. The maximum absolute atomic E-state index is 6.15. The van der Waals surface area contributed by atoms with Crippen molar-refractivity contribution in [3.8, 4) is 0 Å². The monoisotopic (exact) mass is 270 g/mol. The first-order valence-corrected chi connectivity index (χ1v) is 7.67. The zero-order chi connectivity index (χ0) is 14.0. The highest BCUT2D eigenvalue weighted by molar-refractivity contribution is 5.91. The Bertz CT molecular complexity index is 700. The molecule has 4 rings (SSSR count). The van der Waals surface area contributed by atoms with E-state index in [1.807, 2.05) is 6.92 Å². The second-order valence-electron chi connectivity index (χ2n) is 6.68. The average Bonchev–Trinajstić information content (AvgIpc) is 3.05. The summed E-state index contributed by atoms with van der Waals surface area (Å²) in [5.41, 5.74) is 9.78. The van der Waals surface area contributed by atoms with Gasteiger partial charge in [0.2, 0.25) is 0 Å². The van der Waals surface area contributed by atoms with Crippen LogP contribution in [0.2, 0.25) is 0 Å². The van der Waals surface area contributed by atoms with Gasteiger partial charge in [-0.05, 0) is 57.4 Å². The highest BCUT2D eigenvalue weighted by atomic mass is 15.1. The SMILES string of the molecule is Cc1nc(N)c2c(C)c(C)n(C3CC4CCC3C4)c2n1. The third-order valence-corrected chi connectivity index (χ3v) is 5.57. The average molecular weight is 270 g/mol. The molecule has 2 aromatic rings. The van der Waals surface area contributed by atoms with E-state index in [0.29, 0.717) is 11.9 Å². The van der Waals surface area contributed by atoms with E-state index in [2.05, 4.69) is 23.4 Å². The number of hydrogen-bond donors (Lipinski definition) is 1. The number of fused-ring (bicyclic) bond motifs is 3. The highest BCUT2D eigenvalue weighted by Gasteiger charge is 2.41. The van der Waals surface area contributed by atoms with E-state index in [4.69, 9.17) is 10.7 Å². The Hall–Kier alpha value is -1.58. The van der Waals surface area contributed by atoms with Crippen LogP contribution in [0, 0.1) is 32.6 Å². The quantitative estimate of drug-likeness (QED) is 0.865. The Morgan fingerprint density at radius 2 is 1.90 bits per heavy atom. The molecule has 106 valence electrons. The van der Waals surface area contributed by atoms with Gasteiger partial charge < -0.3 is 10.3 Å². The normalized spacial score (nSPS) is 28.6. The lowest BCUT2D eigenvalue weighted by molar-refractivity contribution is 0.332. The van der Waals surface area contributed by atoms with Gasteiger partial charge in [0.25, 0.3) is 0 Å². The maximum Gasteiger partial charge on any atom is 0.146 e. The first kappa shape index (κ1) is 12.2. The summed E-state index contributed by atoms with van der Waals surface area (Å²) in [4.78, 5) is 9.06. The van der Waals surface area contributed by atoms with E-state index in [1.54, 1.807) is 0 Å². The van der Waals surface area contributed by atoms with Crippen LogP contribution in [0.3, 0.4) is 0 Å². The minimum atomic E-state index is 0.624. The molecule has 2 aliphatic rings. The number of anilines is 1. The summed E-state index contributed by atoms with van der Waals surface area (Å²) < 4.78 is 2.47. The van der Waals surface area contributed by atoms with Gasteiger partial charge in [-0.25, -0.2) is 9.97 Å². The van der Waals surface area contributed by atoms with Crippen LogP contribution in [0.5, 0.6) is 0 Å². The van der Waals surface area contributed by atoms with Crippen LogP contribution in [-0.4, -0.2) is 14.5 Å². The van der Waals surface area contributed by atoms with Crippen molar-refractivity contribution in [2.24, 2.45) is 11.8 Å². The van der Waals surface area contributed by atoms with Crippen LogP contribution in [-0.2, 0) is 0 Å². The fourth-order valence-electron chi connectivity index (χ4n) is 4.57. The van der Waals surface area contributed by atoms with E-state index in [-0.39, 0.29) is 0 Å². The molecule has 20 heavy (non-hydrogen) atoms. The van der Waals surface area contributed by atoms with Gasteiger partial charge in [0.15, 0.2) is 0 Å². The molecular formula is C16H22N4. The lowest BCUT2D eigenvalue weighted by atomic mass is 9.95.